The molecule has 288 valence electrons. The summed E-state index contributed by atoms with van der Waals surface area (Å²) in [7, 11) is 0. The number of aromatic nitrogens is 1. The van der Waals surface area contributed by atoms with Gasteiger partial charge in [0.05, 0.1) is 6.42 Å². The molecule has 0 saturated carbocycles. The first-order valence-electron chi connectivity index (χ1n) is 19.1. The van der Waals surface area contributed by atoms with E-state index in [0.717, 1.165) is 25.2 Å². The number of carbonyl (C=O) groups is 2. The molecule has 0 atom stereocenters. The van der Waals surface area contributed by atoms with Crippen molar-refractivity contribution >= 4 is 83.3 Å². The number of benzene rings is 2. The molecule has 0 bridgehead atoms. The third kappa shape index (κ3) is 11.7. The summed E-state index contributed by atoms with van der Waals surface area (Å²) in [5.41, 5.74) is 6.62. The molecule has 12 heteroatoms. The molecule has 54 heavy (non-hydrogen) atoms. The van der Waals surface area contributed by atoms with Crippen LogP contribution in [0.2, 0.25) is 0 Å². The number of aliphatic carboxylic acids is 2. The maximum absolute atomic E-state index is 11.0. The van der Waals surface area contributed by atoms with Crippen LogP contribution in [0.25, 0.3) is 15.9 Å². The number of anilines is 1. The zero-order valence-electron chi connectivity index (χ0n) is 31.1. The van der Waals surface area contributed by atoms with Gasteiger partial charge in [0.2, 0.25) is 0 Å². The molecule has 3 aliphatic heterocycles. The van der Waals surface area contributed by atoms with Crippen molar-refractivity contribution in [3.8, 4) is 0 Å². The Morgan fingerprint density at radius 2 is 1.52 bits per heavy atom. The number of thioether (sulfide) groups is 3. The number of hydrogen-bond acceptors (Lipinski definition) is 8. The number of hydrogen-bond donors (Lipinski definition) is 4. The summed E-state index contributed by atoms with van der Waals surface area (Å²) in [4.78, 5) is 25.7. The van der Waals surface area contributed by atoms with Crippen LogP contribution < -0.4 is 20.1 Å². The summed E-state index contributed by atoms with van der Waals surface area (Å²) in [5.74, 6) is 4.63. The van der Waals surface area contributed by atoms with Crippen molar-refractivity contribution in [2.24, 2.45) is 0 Å². The maximum atomic E-state index is 11.0. The van der Waals surface area contributed by atoms with E-state index in [1.165, 1.54) is 89.8 Å². The minimum atomic E-state index is -0.779. The molecule has 6 rings (SSSR count). The van der Waals surface area contributed by atoms with Gasteiger partial charge in [-0.3, -0.25) is 4.79 Å². The van der Waals surface area contributed by atoms with Crippen LogP contribution in [-0.2, 0) is 16.1 Å². The SMILES string of the molecule is CC(C=CC=C1Sc2ccc(C3CCSCC3)cc2N1CCNCCC(=O)O)=CC=Cc1[se]c2ccc(C3CCSCC3)cc2[n+]1CCNCCC(=O)O. The van der Waals surface area contributed by atoms with Gasteiger partial charge in [0.15, 0.2) is 0 Å². The number of rotatable bonds is 18. The number of carboxylic acids is 2. The molecular weight excluding hydrogens is 800 g/mol. The average Bonchev–Trinajstić information content (AvgIpc) is 3.71. The average molecular weight is 853 g/mol. The molecule has 0 radical (unpaired) electrons. The molecule has 4 N–H and O–H groups in total. The quantitative estimate of drug-likeness (QED) is 0.0445. The van der Waals surface area contributed by atoms with Gasteiger partial charge in [0, 0.05) is 6.54 Å². The number of fused-ring (bicyclic) bond motifs is 2. The first kappa shape index (κ1) is 40.9. The van der Waals surface area contributed by atoms with E-state index in [9.17, 15) is 9.59 Å². The monoisotopic (exact) mass is 853 g/mol. The summed E-state index contributed by atoms with van der Waals surface area (Å²) in [6, 6.07) is 14.1. The van der Waals surface area contributed by atoms with Crippen LogP contribution in [0.15, 0.2) is 82.3 Å². The summed E-state index contributed by atoms with van der Waals surface area (Å²) >= 11 is 6.12. The Morgan fingerprint density at radius 1 is 0.870 bits per heavy atom. The van der Waals surface area contributed by atoms with Crippen LogP contribution >= 0.6 is 35.3 Å². The second-order valence-electron chi connectivity index (χ2n) is 14.0. The normalized spacial score (nSPS) is 18.1. The Hall–Kier alpha value is -2.70. The van der Waals surface area contributed by atoms with Crippen molar-refractivity contribution in [1.29, 1.82) is 0 Å². The molecule has 3 aliphatic rings. The number of carboxylic acid groups (broad SMARTS) is 2. The first-order valence-corrected chi connectivity index (χ1v) is 24.0. The molecular formula is C42H53N4O4S3Se+. The third-order valence-electron chi connectivity index (χ3n) is 10.1. The molecule has 3 aromatic rings. The van der Waals surface area contributed by atoms with E-state index in [2.05, 4.69) is 123 Å². The molecule has 1 aromatic heterocycles. The molecule has 0 spiro atoms. The molecule has 2 fully saturated rings. The Morgan fingerprint density at radius 3 is 2.20 bits per heavy atom. The zero-order chi connectivity index (χ0) is 37.7. The zero-order valence-corrected chi connectivity index (χ0v) is 35.3. The predicted octanol–water partition coefficient (Wildman–Crippen LogP) is 7.50. The summed E-state index contributed by atoms with van der Waals surface area (Å²) in [6.45, 7) is 6.10. The van der Waals surface area contributed by atoms with Gasteiger partial charge in [-0.1, -0.05) is 6.07 Å². The molecule has 4 heterocycles. The van der Waals surface area contributed by atoms with E-state index in [0.29, 0.717) is 31.5 Å². The van der Waals surface area contributed by atoms with E-state index < -0.39 is 11.9 Å². The molecule has 2 saturated heterocycles. The summed E-state index contributed by atoms with van der Waals surface area (Å²) < 4.78 is 5.18. The second-order valence-corrected chi connectivity index (χ2v) is 19.7. The Balaban J connectivity index is 1.16. The fraction of sp³-hybridized carbons (Fsp3) is 0.452. The van der Waals surface area contributed by atoms with Crippen molar-refractivity contribution in [2.75, 3.05) is 60.6 Å². The van der Waals surface area contributed by atoms with Crippen molar-refractivity contribution in [1.82, 2.24) is 10.6 Å². The number of nitrogens with zero attached hydrogens (tertiary/aromatic N) is 2. The molecule has 2 aromatic carbocycles. The van der Waals surface area contributed by atoms with Gasteiger partial charge in [0.1, 0.15) is 0 Å². The fourth-order valence-corrected chi connectivity index (χ4v) is 12.7. The predicted molar refractivity (Wildman–Crippen MR) is 230 cm³/mol. The molecule has 0 amide bonds. The van der Waals surface area contributed by atoms with Crippen LogP contribution in [0.3, 0.4) is 0 Å². The van der Waals surface area contributed by atoms with Gasteiger partial charge in [-0.2, -0.15) is 11.8 Å². The Kier molecular flexibility index (Phi) is 15.9. The van der Waals surface area contributed by atoms with Gasteiger partial charge >= 0.3 is 259 Å². The molecule has 0 aliphatic carbocycles. The van der Waals surface area contributed by atoms with E-state index in [1.54, 1.807) is 11.8 Å². The summed E-state index contributed by atoms with van der Waals surface area (Å²) in [6.07, 6.45) is 18.3. The van der Waals surface area contributed by atoms with Crippen LogP contribution in [0.4, 0.5) is 5.69 Å². The van der Waals surface area contributed by atoms with Crippen LogP contribution in [0, 0.1) is 0 Å². The van der Waals surface area contributed by atoms with Gasteiger partial charge in [0.25, 0.3) is 0 Å². The minimum absolute atomic E-state index is 0.123. The number of allylic oxidation sites excluding steroid dienone is 6. The van der Waals surface area contributed by atoms with Crippen molar-refractivity contribution in [3.05, 3.63) is 93.1 Å². The fourth-order valence-electron chi connectivity index (χ4n) is 7.16. The van der Waals surface area contributed by atoms with Crippen molar-refractivity contribution in [3.63, 3.8) is 0 Å². The van der Waals surface area contributed by atoms with E-state index in [4.69, 9.17) is 10.2 Å². The van der Waals surface area contributed by atoms with Crippen LogP contribution in [0.5, 0.6) is 0 Å². The van der Waals surface area contributed by atoms with Gasteiger partial charge < -0.3 is 10.4 Å². The third-order valence-corrected chi connectivity index (χ3v) is 15.7. The first-order chi connectivity index (χ1) is 26.4. The Bertz CT molecular complexity index is 1880. The van der Waals surface area contributed by atoms with Crippen LogP contribution in [0.1, 0.15) is 73.0 Å². The van der Waals surface area contributed by atoms with E-state index >= 15 is 0 Å². The summed E-state index contributed by atoms with van der Waals surface area (Å²) in [5, 5.41) is 26.0. The van der Waals surface area contributed by atoms with Gasteiger partial charge in [-0.25, -0.2) is 0 Å². The van der Waals surface area contributed by atoms with Crippen molar-refractivity contribution < 1.29 is 24.4 Å². The topological polar surface area (TPSA) is 106 Å². The molecule has 8 nitrogen and oxygen atoms in total. The van der Waals surface area contributed by atoms with Gasteiger partial charge in [-0.05, 0) is 35.8 Å². The standard InChI is InChI=1S/C42H52N4O4S3Se/c1-30(4-2-6-39-45(22-20-43-18-12-41(47)48)35-28-33(8-10-37(35)53-39)31-14-24-51-25-15-31)5-3-7-40-46(23-21-44-19-13-42(49)50)36-29-34(9-11-38(36)54-40)32-16-26-52-27-17-32/h2-11,28-29,31-32,43-44H,12-27H2,1H3,(H-,47,48,49,50)/p+1. The number of nitrogens with one attached hydrogen (secondary N) is 2. The van der Waals surface area contributed by atoms with Gasteiger partial charge in [-0.15, -0.1) is 0 Å². The van der Waals surface area contributed by atoms with Crippen molar-refractivity contribution in [2.45, 2.75) is 68.7 Å². The second kappa shape index (κ2) is 21.0. The Labute approximate surface area is 338 Å². The molecule has 0 unspecified atom stereocenters. The van der Waals surface area contributed by atoms with E-state index in [1.807, 2.05) is 0 Å². The van der Waals surface area contributed by atoms with E-state index in [-0.39, 0.29) is 27.3 Å². The van der Waals surface area contributed by atoms with Crippen LogP contribution in [-0.4, -0.2) is 92.4 Å².